The zero-order valence-electron chi connectivity index (χ0n) is 6.57. The van der Waals surface area contributed by atoms with Gasteiger partial charge >= 0.3 is 6.18 Å². The summed E-state index contributed by atoms with van der Waals surface area (Å²) >= 11 is 0. The minimum atomic E-state index is -4.55. The Balaban J connectivity index is 2.93. The van der Waals surface area contributed by atoms with Crippen molar-refractivity contribution in [3.63, 3.8) is 0 Å². The van der Waals surface area contributed by atoms with Crippen LogP contribution in [0.2, 0.25) is 0 Å². The minimum absolute atomic E-state index is 0.213. The van der Waals surface area contributed by atoms with E-state index in [1.807, 2.05) is 4.98 Å². The summed E-state index contributed by atoms with van der Waals surface area (Å²) in [6, 6.07) is 0. The molecule has 4 nitrogen and oxygen atoms in total. The fourth-order valence-electron chi connectivity index (χ4n) is 0.715. The lowest BCUT2D eigenvalue weighted by Crippen LogP contribution is -2.18. The molecule has 1 aromatic rings. The van der Waals surface area contributed by atoms with Gasteiger partial charge in [0.1, 0.15) is 5.69 Å². The summed E-state index contributed by atoms with van der Waals surface area (Å²) in [6.45, 7) is 0. The predicted molar refractivity (Wildman–Crippen MR) is 37.0 cm³/mol. The molecule has 0 radical (unpaired) electrons. The molecule has 0 bridgehead atoms. The summed E-state index contributed by atoms with van der Waals surface area (Å²) in [5.41, 5.74) is -0.213. The van der Waals surface area contributed by atoms with Crippen molar-refractivity contribution in [2.75, 3.05) is 7.05 Å². The predicted octanol–water partition coefficient (Wildman–Crippen LogP) is 0.788. The first kappa shape index (κ1) is 9.56. The topological polar surface area (TPSA) is 57.8 Å². The maximum absolute atomic E-state index is 11.9. The van der Waals surface area contributed by atoms with Gasteiger partial charge in [-0.05, 0) is 0 Å². The number of imidazole rings is 1. The van der Waals surface area contributed by atoms with Crippen LogP contribution in [0.1, 0.15) is 16.3 Å². The first-order valence-corrected chi connectivity index (χ1v) is 3.29. The van der Waals surface area contributed by atoms with E-state index in [0.717, 1.165) is 6.20 Å². The average Bonchev–Trinajstić information content (AvgIpc) is 2.50. The number of carbonyl (C=O) groups is 1. The molecule has 1 rings (SSSR count). The summed E-state index contributed by atoms with van der Waals surface area (Å²) < 4.78 is 35.8. The van der Waals surface area contributed by atoms with E-state index in [0.29, 0.717) is 0 Å². The maximum Gasteiger partial charge on any atom is 0.449 e. The molecule has 0 fully saturated rings. The highest BCUT2D eigenvalue weighted by Crippen LogP contribution is 2.25. The number of hydrogen-bond acceptors (Lipinski definition) is 2. The summed E-state index contributed by atoms with van der Waals surface area (Å²) in [4.78, 5) is 15.7. The quantitative estimate of drug-likeness (QED) is 0.692. The Hall–Kier alpha value is -1.53. The van der Waals surface area contributed by atoms with Crippen LogP contribution in [-0.4, -0.2) is 22.9 Å². The molecular weight excluding hydrogens is 187 g/mol. The van der Waals surface area contributed by atoms with Gasteiger partial charge in [-0.25, -0.2) is 4.98 Å². The lowest BCUT2D eigenvalue weighted by atomic mass is 10.4. The largest absolute Gasteiger partial charge is 0.449 e. The van der Waals surface area contributed by atoms with E-state index in [1.165, 1.54) is 7.05 Å². The Morgan fingerprint density at radius 1 is 1.62 bits per heavy atom. The number of nitrogens with one attached hydrogen (secondary N) is 2. The van der Waals surface area contributed by atoms with Crippen LogP contribution < -0.4 is 5.32 Å². The van der Waals surface area contributed by atoms with Gasteiger partial charge in [-0.15, -0.1) is 0 Å². The van der Waals surface area contributed by atoms with Crippen molar-refractivity contribution >= 4 is 5.91 Å². The second-order valence-corrected chi connectivity index (χ2v) is 2.22. The van der Waals surface area contributed by atoms with Crippen molar-refractivity contribution in [3.8, 4) is 0 Å². The van der Waals surface area contributed by atoms with Crippen LogP contribution >= 0.6 is 0 Å². The van der Waals surface area contributed by atoms with Gasteiger partial charge in [0.05, 0.1) is 6.20 Å². The lowest BCUT2D eigenvalue weighted by molar-refractivity contribution is -0.144. The van der Waals surface area contributed by atoms with Crippen molar-refractivity contribution in [2.45, 2.75) is 6.18 Å². The van der Waals surface area contributed by atoms with Crippen LogP contribution in [-0.2, 0) is 6.18 Å². The molecule has 1 heterocycles. The molecule has 0 aliphatic carbocycles. The number of aromatic nitrogens is 2. The van der Waals surface area contributed by atoms with Crippen LogP contribution in [0.15, 0.2) is 6.20 Å². The van der Waals surface area contributed by atoms with Gasteiger partial charge < -0.3 is 10.3 Å². The Kier molecular flexibility index (Phi) is 2.26. The van der Waals surface area contributed by atoms with Crippen molar-refractivity contribution in [3.05, 3.63) is 17.7 Å². The maximum atomic E-state index is 11.9. The Labute approximate surface area is 71.2 Å². The molecule has 0 saturated heterocycles. The second-order valence-electron chi connectivity index (χ2n) is 2.22. The molecule has 0 aliphatic rings. The van der Waals surface area contributed by atoms with E-state index in [1.54, 1.807) is 0 Å². The summed E-state index contributed by atoms with van der Waals surface area (Å²) in [5.74, 6) is -1.81. The highest BCUT2D eigenvalue weighted by molar-refractivity contribution is 5.91. The first-order valence-electron chi connectivity index (χ1n) is 3.29. The number of alkyl halides is 3. The molecule has 0 unspecified atom stereocenters. The number of halogens is 3. The monoisotopic (exact) mass is 193 g/mol. The third-order valence-corrected chi connectivity index (χ3v) is 1.32. The molecule has 0 saturated carbocycles. The van der Waals surface area contributed by atoms with E-state index in [4.69, 9.17) is 0 Å². The Bertz CT molecular complexity index is 317. The number of nitrogens with zero attached hydrogens (tertiary/aromatic N) is 1. The number of H-pyrrole nitrogens is 1. The molecule has 0 atom stereocenters. The van der Waals surface area contributed by atoms with Gasteiger partial charge in [0.2, 0.25) is 5.82 Å². The molecule has 0 aliphatic heterocycles. The molecule has 13 heavy (non-hydrogen) atoms. The number of amides is 1. The average molecular weight is 193 g/mol. The lowest BCUT2D eigenvalue weighted by Gasteiger charge is -2.00. The van der Waals surface area contributed by atoms with Crippen molar-refractivity contribution in [1.82, 2.24) is 15.3 Å². The number of aromatic amines is 1. The molecule has 1 aromatic heterocycles. The van der Waals surface area contributed by atoms with E-state index >= 15 is 0 Å². The Morgan fingerprint density at radius 2 is 2.23 bits per heavy atom. The van der Waals surface area contributed by atoms with Gasteiger partial charge in [0, 0.05) is 7.05 Å². The van der Waals surface area contributed by atoms with E-state index in [9.17, 15) is 18.0 Å². The summed E-state index contributed by atoms with van der Waals surface area (Å²) in [6.07, 6.45) is -3.71. The van der Waals surface area contributed by atoms with Gasteiger partial charge in [0.25, 0.3) is 5.91 Å². The Morgan fingerprint density at radius 3 is 2.62 bits per heavy atom. The third-order valence-electron chi connectivity index (χ3n) is 1.32. The highest BCUT2D eigenvalue weighted by atomic mass is 19.4. The van der Waals surface area contributed by atoms with Crippen molar-refractivity contribution < 1.29 is 18.0 Å². The first-order chi connectivity index (χ1) is 5.95. The zero-order valence-corrected chi connectivity index (χ0v) is 6.57. The molecule has 2 N–H and O–H groups in total. The zero-order chi connectivity index (χ0) is 10.1. The molecule has 0 aromatic carbocycles. The van der Waals surface area contributed by atoms with E-state index < -0.39 is 17.9 Å². The summed E-state index contributed by atoms with van der Waals surface area (Å²) in [5, 5.41) is 2.17. The molecule has 1 amide bonds. The SMILES string of the molecule is CNC(=O)c1cnc(C(F)(F)F)[nH]1. The standard InChI is InChI=1S/C6H6F3N3O/c1-10-4(13)3-2-11-5(12-3)6(7,8)9/h2H,1H3,(H,10,13)(H,11,12). The van der Waals surface area contributed by atoms with Gasteiger partial charge in [0.15, 0.2) is 0 Å². The van der Waals surface area contributed by atoms with Crippen LogP contribution in [0.25, 0.3) is 0 Å². The molecular formula is C6H6F3N3O. The minimum Gasteiger partial charge on any atom is -0.354 e. The third kappa shape index (κ3) is 1.98. The van der Waals surface area contributed by atoms with Crippen molar-refractivity contribution in [2.24, 2.45) is 0 Å². The van der Waals surface area contributed by atoms with E-state index in [2.05, 4.69) is 10.3 Å². The molecule has 7 heteroatoms. The molecule has 0 spiro atoms. The normalized spacial score (nSPS) is 11.4. The fourth-order valence-corrected chi connectivity index (χ4v) is 0.715. The van der Waals surface area contributed by atoms with E-state index in [-0.39, 0.29) is 5.69 Å². The number of rotatable bonds is 1. The second kappa shape index (κ2) is 3.08. The molecule has 72 valence electrons. The smallest absolute Gasteiger partial charge is 0.354 e. The van der Waals surface area contributed by atoms with Gasteiger partial charge in [-0.1, -0.05) is 0 Å². The summed E-state index contributed by atoms with van der Waals surface area (Å²) in [7, 11) is 1.32. The fraction of sp³-hybridized carbons (Fsp3) is 0.333. The van der Waals surface area contributed by atoms with Gasteiger partial charge in [-0.2, -0.15) is 13.2 Å². The number of hydrogen-bond donors (Lipinski definition) is 2. The number of carbonyl (C=O) groups excluding carboxylic acids is 1. The van der Waals surface area contributed by atoms with Crippen LogP contribution in [0.5, 0.6) is 0 Å². The van der Waals surface area contributed by atoms with Crippen LogP contribution in [0.4, 0.5) is 13.2 Å². The van der Waals surface area contributed by atoms with Crippen LogP contribution in [0, 0.1) is 0 Å². The van der Waals surface area contributed by atoms with Gasteiger partial charge in [-0.3, -0.25) is 4.79 Å². The van der Waals surface area contributed by atoms with Crippen molar-refractivity contribution in [1.29, 1.82) is 0 Å². The highest BCUT2D eigenvalue weighted by Gasteiger charge is 2.34. The van der Waals surface area contributed by atoms with Crippen LogP contribution in [0.3, 0.4) is 0 Å².